The molecular weight excluding hydrogens is 210 g/mol. The third kappa shape index (κ3) is 8.90. The molecule has 88 valence electrons. The Labute approximate surface area is 93.6 Å². The molecule has 0 aromatic rings. The molecule has 6 nitrogen and oxygen atoms in total. The van der Waals surface area contributed by atoms with E-state index in [0.29, 0.717) is 0 Å². The zero-order valence-corrected chi connectivity index (χ0v) is 9.31. The molecule has 0 rings (SSSR count). The molecule has 0 saturated carbocycles. The summed E-state index contributed by atoms with van der Waals surface area (Å²) in [6, 6.07) is 0. The van der Waals surface area contributed by atoms with Crippen LogP contribution < -0.4 is 0 Å². The summed E-state index contributed by atoms with van der Waals surface area (Å²) >= 11 is 0. The van der Waals surface area contributed by atoms with Gasteiger partial charge in [0.2, 0.25) is 0 Å². The van der Waals surface area contributed by atoms with E-state index < -0.39 is 0 Å². The number of nitrogens with zero attached hydrogens (tertiary/aromatic N) is 3. The summed E-state index contributed by atoms with van der Waals surface area (Å²) in [5.74, 6) is -0.195. The van der Waals surface area contributed by atoms with Crippen molar-refractivity contribution in [3.05, 3.63) is 10.4 Å². The molecule has 0 aliphatic carbocycles. The van der Waals surface area contributed by atoms with Gasteiger partial charge in [-0.15, -0.1) is 0 Å². The second-order valence-corrected chi connectivity index (χ2v) is 3.48. The highest BCUT2D eigenvalue weighted by molar-refractivity contribution is 5.88. The van der Waals surface area contributed by atoms with Crippen LogP contribution in [0.1, 0.15) is 39.0 Å². The molecular formula is C10H15N3O3. The fourth-order valence-corrected chi connectivity index (χ4v) is 1.06. The smallest absolute Gasteiger partial charge is 0.133 e. The van der Waals surface area contributed by atoms with Crippen LogP contribution in [0.4, 0.5) is 0 Å². The maximum atomic E-state index is 11.2. The number of rotatable bonds is 9. The first kappa shape index (κ1) is 14.3. The van der Waals surface area contributed by atoms with E-state index in [-0.39, 0.29) is 56.0 Å². The minimum Gasteiger partial charge on any atom is -0.300 e. The lowest BCUT2D eigenvalue weighted by atomic mass is 10.1. The third-order valence-corrected chi connectivity index (χ3v) is 1.99. The van der Waals surface area contributed by atoms with E-state index in [0.717, 1.165) is 0 Å². The van der Waals surface area contributed by atoms with Crippen molar-refractivity contribution in [1.29, 1.82) is 0 Å². The van der Waals surface area contributed by atoms with Crippen LogP contribution >= 0.6 is 0 Å². The first-order valence-electron chi connectivity index (χ1n) is 5.10. The summed E-state index contributed by atoms with van der Waals surface area (Å²) in [4.78, 5) is 35.5. The Kier molecular flexibility index (Phi) is 7.71. The van der Waals surface area contributed by atoms with Gasteiger partial charge in [-0.3, -0.25) is 9.59 Å². The second kappa shape index (κ2) is 8.61. The van der Waals surface area contributed by atoms with Crippen LogP contribution in [0.3, 0.4) is 0 Å². The van der Waals surface area contributed by atoms with Crippen LogP contribution in [0, 0.1) is 0 Å². The average Bonchev–Trinajstić information content (AvgIpc) is 2.24. The van der Waals surface area contributed by atoms with Gasteiger partial charge in [0.05, 0.1) is 0 Å². The summed E-state index contributed by atoms with van der Waals surface area (Å²) in [6.45, 7) is 1.56. The maximum Gasteiger partial charge on any atom is 0.133 e. The lowest BCUT2D eigenvalue weighted by Crippen LogP contribution is -2.06. The van der Waals surface area contributed by atoms with Crippen LogP contribution in [0.15, 0.2) is 5.11 Å². The molecule has 0 spiro atoms. The predicted molar refractivity (Wildman–Crippen MR) is 57.8 cm³/mol. The zero-order chi connectivity index (χ0) is 12.4. The van der Waals surface area contributed by atoms with Crippen molar-refractivity contribution in [3.63, 3.8) is 0 Å². The van der Waals surface area contributed by atoms with Crippen molar-refractivity contribution in [2.45, 2.75) is 39.0 Å². The molecule has 0 aromatic carbocycles. The first-order valence-corrected chi connectivity index (χ1v) is 5.10. The van der Waals surface area contributed by atoms with Gasteiger partial charge in [-0.2, -0.15) is 0 Å². The fraction of sp³-hybridized carbons (Fsp3) is 0.700. The highest BCUT2D eigenvalue weighted by Gasteiger charge is 2.07. The molecule has 16 heavy (non-hydrogen) atoms. The minimum absolute atomic E-state index is 0.0250. The Bertz CT molecular complexity index is 301. The molecule has 6 heteroatoms. The summed E-state index contributed by atoms with van der Waals surface area (Å²) in [5, 5.41) is 3.23. The minimum atomic E-state index is -0.0939. The predicted octanol–water partition coefficient (Wildman–Crippen LogP) is 1.97. The van der Waals surface area contributed by atoms with Crippen molar-refractivity contribution in [2.75, 3.05) is 6.54 Å². The maximum absolute atomic E-state index is 11.2. The molecule has 0 saturated heterocycles. The van der Waals surface area contributed by atoms with Gasteiger partial charge in [-0.25, -0.2) is 0 Å². The van der Waals surface area contributed by atoms with Crippen molar-refractivity contribution in [2.24, 2.45) is 5.11 Å². The number of carbonyl (C=O) groups is 3. The van der Waals surface area contributed by atoms with Gasteiger partial charge >= 0.3 is 0 Å². The summed E-state index contributed by atoms with van der Waals surface area (Å²) in [7, 11) is 0. The van der Waals surface area contributed by atoms with E-state index in [2.05, 4.69) is 10.0 Å². The van der Waals surface area contributed by atoms with Crippen LogP contribution in [0.2, 0.25) is 0 Å². The highest BCUT2D eigenvalue weighted by atomic mass is 16.1. The Morgan fingerprint density at radius 1 is 1.00 bits per heavy atom. The summed E-state index contributed by atoms with van der Waals surface area (Å²) < 4.78 is 0. The highest BCUT2D eigenvalue weighted by Crippen LogP contribution is 2.02. The second-order valence-electron chi connectivity index (χ2n) is 3.48. The van der Waals surface area contributed by atoms with Crippen LogP contribution in [-0.2, 0) is 14.4 Å². The van der Waals surface area contributed by atoms with E-state index in [4.69, 9.17) is 5.53 Å². The molecule has 0 heterocycles. The first-order chi connectivity index (χ1) is 7.56. The average molecular weight is 225 g/mol. The molecule has 0 amide bonds. The molecule has 0 aliphatic heterocycles. The standard InChI is InChI=1S/C10H15N3O3/c1-8(14)2-3-9(15)4-5-10(16)6-7-12-13-11/h2-7H2,1H3. The molecule has 0 N–H and O–H groups in total. The molecule has 0 fully saturated rings. The van der Waals surface area contributed by atoms with E-state index >= 15 is 0 Å². The van der Waals surface area contributed by atoms with Gasteiger partial charge in [0.15, 0.2) is 0 Å². The molecule has 0 aromatic heterocycles. The summed E-state index contributed by atoms with van der Waals surface area (Å²) in [5.41, 5.74) is 7.98. The van der Waals surface area contributed by atoms with Gasteiger partial charge in [0.1, 0.15) is 17.3 Å². The molecule has 0 atom stereocenters. The van der Waals surface area contributed by atoms with E-state index in [1.165, 1.54) is 6.92 Å². The Hall–Kier alpha value is -1.68. The number of ketones is 3. The summed E-state index contributed by atoms with van der Waals surface area (Å²) in [6.07, 6.45) is 0.953. The normalized spacial score (nSPS) is 9.31. The third-order valence-electron chi connectivity index (χ3n) is 1.99. The quantitative estimate of drug-likeness (QED) is 0.340. The largest absolute Gasteiger partial charge is 0.300 e. The van der Waals surface area contributed by atoms with Crippen molar-refractivity contribution in [1.82, 2.24) is 0 Å². The number of azide groups is 1. The van der Waals surface area contributed by atoms with E-state index in [1.54, 1.807) is 0 Å². The molecule has 0 unspecified atom stereocenters. The van der Waals surface area contributed by atoms with Crippen LogP contribution in [-0.4, -0.2) is 23.9 Å². The number of hydrogen-bond acceptors (Lipinski definition) is 4. The van der Waals surface area contributed by atoms with Crippen LogP contribution in [0.25, 0.3) is 10.4 Å². The number of carbonyl (C=O) groups excluding carboxylic acids is 3. The fourth-order valence-electron chi connectivity index (χ4n) is 1.06. The van der Waals surface area contributed by atoms with Crippen molar-refractivity contribution < 1.29 is 14.4 Å². The van der Waals surface area contributed by atoms with Crippen LogP contribution in [0.5, 0.6) is 0 Å². The number of Topliss-reactive ketones (excluding diaryl/α,β-unsaturated/α-hetero) is 3. The Morgan fingerprint density at radius 2 is 1.50 bits per heavy atom. The monoisotopic (exact) mass is 225 g/mol. The molecule has 0 radical (unpaired) electrons. The Morgan fingerprint density at radius 3 is 2.00 bits per heavy atom. The zero-order valence-electron chi connectivity index (χ0n) is 9.31. The van der Waals surface area contributed by atoms with Gasteiger partial charge in [0, 0.05) is 43.6 Å². The van der Waals surface area contributed by atoms with Gasteiger partial charge in [0.25, 0.3) is 0 Å². The SMILES string of the molecule is CC(=O)CCC(=O)CCC(=O)CCN=[N+]=[N-]. The molecule has 0 aliphatic rings. The van der Waals surface area contributed by atoms with Crippen molar-refractivity contribution in [3.8, 4) is 0 Å². The van der Waals surface area contributed by atoms with E-state index in [9.17, 15) is 14.4 Å². The van der Waals surface area contributed by atoms with Gasteiger partial charge in [-0.1, -0.05) is 5.11 Å². The van der Waals surface area contributed by atoms with Crippen molar-refractivity contribution >= 4 is 17.3 Å². The van der Waals surface area contributed by atoms with Gasteiger partial charge in [-0.05, 0) is 12.5 Å². The topological polar surface area (TPSA) is 100.0 Å². The Balaban J connectivity index is 3.62. The lowest BCUT2D eigenvalue weighted by Gasteiger charge is -1.98. The van der Waals surface area contributed by atoms with E-state index in [1.807, 2.05) is 0 Å². The lowest BCUT2D eigenvalue weighted by molar-refractivity contribution is -0.125. The van der Waals surface area contributed by atoms with Gasteiger partial charge < -0.3 is 4.79 Å². The molecule has 0 bridgehead atoms. The number of hydrogen-bond donors (Lipinski definition) is 0.